The third-order valence-corrected chi connectivity index (χ3v) is 6.04. The number of hydrogen-bond donors (Lipinski definition) is 0. The number of nitrogens with zero attached hydrogens (tertiary/aromatic N) is 2. The van der Waals surface area contributed by atoms with E-state index >= 15 is 0 Å². The minimum atomic E-state index is -0.129. The molecule has 1 saturated heterocycles. The zero-order valence-electron chi connectivity index (χ0n) is 13.9. The van der Waals surface area contributed by atoms with Crippen molar-refractivity contribution in [3.63, 3.8) is 0 Å². The average molecular weight is 322 g/mol. The standard InChI is InChI=1S/C20H22N2O2/c1-21-17-10-6-5-9-15(17)16-11-14-12-24-20(23)22(14)18(19(16)21)13-7-3-2-4-8-13/h2-3,5-6,9-10,13-14,18H,4,7-8,11-12H2,1H3. The fourth-order valence-electron chi connectivity index (χ4n) is 4.97. The first-order valence-electron chi connectivity index (χ1n) is 8.92. The maximum Gasteiger partial charge on any atom is 0.410 e. The summed E-state index contributed by atoms with van der Waals surface area (Å²) < 4.78 is 7.75. The highest BCUT2D eigenvalue weighted by atomic mass is 16.6. The monoisotopic (exact) mass is 322 g/mol. The molecule has 2 aromatic rings. The Morgan fingerprint density at radius 1 is 1.21 bits per heavy atom. The highest BCUT2D eigenvalue weighted by molar-refractivity contribution is 5.87. The van der Waals surface area contributed by atoms with Gasteiger partial charge in [0.25, 0.3) is 0 Å². The molecule has 0 saturated carbocycles. The Bertz CT molecular complexity index is 851. The van der Waals surface area contributed by atoms with E-state index in [9.17, 15) is 4.79 Å². The SMILES string of the molecule is Cn1c2c(c3ccccc31)CC1COC(=O)N1C2C1CC=CCC1. The Morgan fingerprint density at radius 3 is 2.92 bits per heavy atom. The number of cyclic esters (lactones) is 1. The van der Waals surface area contributed by atoms with Crippen LogP contribution in [0.15, 0.2) is 36.4 Å². The lowest BCUT2D eigenvalue weighted by molar-refractivity contribution is 0.111. The van der Waals surface area contributed by atoms with Crippen molar-refractivity contribution in [2.45, 2.75) is 37.8 Å². The molecule has 4 nitrogen and oxygen atoms in total. The fourth-order valence-corrected chi connectivity index (χ4v) is 4.97. The molecule has 0 N–H and O–H groups in total. The van der Waals surface area contributed by atoms with Gasteiger partial charge in [0, 0.05) is 23.6 Å². The summed E-state index contributed by atoms with van der Waals surface area (Å²) in [6, 6.07) is 8.95. The number of fused-ring (bicyclic) bond motifs is 4. The van der Waals surface area contributed by atoms with Gasteiger partial charge in [0.2, 0.25) is 0 Å². The summed E-state index contributed by atoms with van der Waals surface area (Å²) in [4.78, 5) is 14.5. The van der Waals surface area contributed by atoms with E-state index in [1.54, 1.807) is 0 Å². The summed E-state index contributed by atoms with van der Waals surface area (Å²) in [6.07, 6.45) is 8.61. The number of para-hydroxylation sites is 1. The lowest BCUT2D eigenvalue weighted by atomic mass is 9.80. The number of amides is 1. The van der Waals surface area contributed by atoms with Crippen molar-refractivity contribution in [3.05, 3.63) is 47.7 Å². The van der Waals surface area contributed by atoms with Crippen molar-refractivity contribution in [1.29, 1.82) is 0 Å². The van der Waals surface area contributed by atoms with Gasteiger partial charge in [-0.15, -0.1) is 0 Å². The molecule has 5 rings (SSSR count). The predicted octanol–water partition coefficient (Wildman–Crippen LogP) is 3.95. The first-order chi connectivity index (χ1) is 11.8. The highest BCUT2D eigenvalue weighted by Crippen LogP contribution is 2.47. The number of allylic oxidation sites excluding steroid dienone is 2. The number of rotatable bonds is 1. The maximum atomic E-state index is 12.5. The summed E-state index contributed by atoms with van der Waals surface area (Å²) in [5, 5.41) is 1.34. The fraction of sp³-hybridized carbons (Fsp3) is 0.450. The Balaban J connectivity index is 1.74. The zero-order chi connectivity index (χ0) is 16.3. The van der Waals surface area contributed by atoms with Gasteiger partial charge in [0.1, 0.15) is 6.61 Å². The molecule has 1 fully saturated rings. The van der Waals surface area contributed by atoms with Crippen LogP contribution in [0, 0.1) is 5.92 Å². The van der Waals surface area contributed by atoms with E-state index in [-0.39, 0.29) is 18.2 Å². The molecule has 2 aliphatic heterocycles. The quantitative estimate of drug-likeness (QED) is 0.745. The van der Waals surface area contributed by atoms with Crippen LogP contribution < -0.4 is 0 Å². The summed E-state index contributed by atoms with van der Waals surface area (Å²) in [5.41, 5.74) is 4.02. The van der Waals surface area contributed by atoms with Crippen molar-refractivity contribution < 1.29 is 9.53 Å². The Kier molecular flexibility index (Phi) is 3.02. The van der Waals surface area contributed by atoms with Crippen molar-refractivity contribution in [2.75, 3.05) is 6.61 Å². The smallest absolute Gasteiger partial charge is 0.410 e. The normalized spacial score (nSPS) is 28.8. The van der Waals surface area contributed by atoms with Crippen molar-refractivity contribution in [2.24, 2.45) is 13.0 Å². The minimum Gasteiger partial charge on any atom is -0.447 e. The molecule has 4 heteroatoms. The molecule has 3 heterocycles. The lowest BCUT2D eigenvalue weighted by Gasteiger charge is -2.41. The van der Waals surface area contributed by atoms with Gasteiger partial charge in [0.05, 0.1) is 12.1 Å². The van der Waals surface area contributed by atoms with Crippen LogP contribution in [0.3, 0.4) is 0 Å². The van der Waals surface area contributed by atoms with Gasteiger partial charge in [0.15, 0.2) is 0 Å². The Labute approximate surface area is 141 Å². The van der Waals surface area contributed by atoms with Gasteiger partial charge in [-0.05, 0) is 43.2 Å². The van der Waals surface area contributed by atoms with E-state index in [1.165, 1.54) is 22.2 Å². The Morgan fingerprint density at radius 2 is 2.08 bits per heavy atom. The molecule has 24 heavy (non-hydrogen) atoms. The molecule has 3 atom stereocenters. The molecule has 124 valence electrons. The first-order valence-corrected chi connectivity index (χ1v) is 8.92. The molecular formula is C20H22N2O2. The third kappa shape index (κ3) is 1.83. The van der Waals surface area contributed by atoms with Crippen LogP contribution in [-0.2, 0) is 18.2 Å². The lowest BCUT2D eigenvalue weighted by Crippen LogP contribution is -2.46. The molecular weight excluding hydrogens is 300 g/mol. The Hall–Kier alpha value is -2.23. The second-order valence-corrected chi connectivity index (χ2v) is 7.27. The summed E-state index contributed by atoms with van der Waals surface area (Å²) in [6.45, 7) is 0.528. The third-order valence-electron chi connectivity index (χ3n) is 6.04. The number of aryl methyl sites for hydroxylation is 1. The number of carbonyl (C=O) groups excluding carboxylic acids is 1. The largest absolute Gasteiger partial charge is 0.447 e. The number of benzene rings is 1. The summed E-state index contributed by atoms with van der Waals surface area (Å²) >= 11 is 0. The molecule has 0 bridgehead atoms. The van der Waals surface area contributed by atoms with E-state index in [1.807, 2.05) is 4.90 Å². The molecule has 0 spiro atoms. The molecule has 1 amide bonds. The zero-order valence-corrected chi connectivity index (χ0v) is 13.9. The summed E-state index contributed by atoms with van der Waals surface area (Å²) in [7, 11) is 2.15. The van der Waals surface area contributed by atoms with Crippen LogP contribution in [0.4, 0.5) is 4.79 Å². The van der Waals surface area contributed by atoms with Gasteiger partial charge in [-0.25, -0.2) is 4.79 Å². The topological polar surface area (TPSA) is 34.5 Å². The molecule has 1 aromatic carbocycles. The van der Waals surface area contributed by atoms with Crippen LogP contribution in [-0.4, -0.2) is 28.2 Å². The van der Waals surface area contributed by atoms with Gasteiger partial charge in [-0.3, -0.25) is 4.90 Å². The molecule has 0 radical (unpaired) electrons. The van der Waals surface area contributed by atoms with E-state index in [0.717, 1.165) is 25.7 Å². The minimum absolute atomic E-state index is 0.129. The van der Waals surface area contributed by atoms with Crippen molar-refractivity contribution in [3.8, 4) is 0 Å². The molecule has 3 unspecified atom stereocenters. The second-order valence-electron chi connectivity index (χ2n) is 7.27. The second kappa shape index (κ2) is 5.13. The highest BCUT2D eigenvalue weighted by Gasteiger charge is 2.47. The van der Waals surface area contributed by atoms with Crippen molar-refractivity contribution >= 4 is 17.0 Å². The van der Waals surface area contributed by atoms with E-state index < -0.39 is 0 Å². The number of aromatic nitrogens is 1. The summed E-state index contributed by atoms with van der Waals surface area (Å²) in [5.74, 6) is 0.477. The average Bonchev–Trinajstić information content (AvgIpc) is 3.14. The predicted molar refractivity (Wildman–Crippen MR) is 92.8 cm³/mol. The molecule has 1 aliphatic carbocycles. The van der Waals surface area contributed by atoms with Crippen LogP contribution in [0.2, 0.25) is 0 Å². The van der Waals surface area contributed by atoms with Crippen LogP contribution in [0.25, 0.3) is 10.9 Å². The molecule has 3 aliphatic rings. The van der Waals surface area contributed by atoms with Crippen molar-refractivity contribution in [1.82, 2.24) is 9.47 Å². The van der Waals surface area contributed by atoms with E-state index in [2.05, 4.69) is 48.0 Å². The van der Waals surface area contributed by atoms with Gasteiger partial charge < -0.3 is 9.30 Å². The van der Waals surface area contributed by atoms with Crippen LogP contribution >= 0.6 is 0 Å². The van der Waals surface area contributed by atoms with Gasteiger partial charge in [-0.2, -0.15) is 0 Å². The van der Waals surface area contributed by atoms with Gasteiger partial charge >= 0.3 is 6.09 Å². The first kappa shape index (κ1) is 14.1. The van der Waals surface area contributed by atoms with Gasteiger partial charge in [-0.1, -0.05) is 30.4 Å². The van der Waals surface area contributed by atoms with E-state index in [0.29, 0.717) is 12.5 Å². The molecule has 1 aromatic heterocycles. The van der Waals surface area contributed by atoms with Crippen LogP contribution in [0.5, 0.6) is 0 Å². The maximum absolute atomic E-state index is 12.5. The van der Waals surface area contributed by atoms with E-state index in [4.69, 9.17) is 4.74 Å². The van der Waals surface area contributed by atoms with Crippen LogP contribution in [0.1, 0.15) is 36.6 Å². The number of hydrogen-bond acceptors (Lipinski definition) is 2. The number of carbonyl (C=O) groups is 1. The number of ether oxygens (including phenoxy) is 1.